The van der Waals surface area contributed by atoms with Crippen molar-refractivity contribution < 1.29 is 13.5 Å². The third-order valence-corrected chi connectivity index (χ3v) is 2.22. The molecule has 1 aromatic carbocycles. The molecule has 1 N–H and O–H groups in total. The molecule has 0 fully saturated rings. The van der Waals surface area contributed by atoms with Crippen LogP contribution < -0.4 is 9.46 Å². The second-order valence-electron chi connectivity index (χ2n) is 3.06. The number of ether oxygens (including phenoxy) is 1. The van der Waals surface area contributed by atoms with Gasteiger partial charge in [0.2, 0.25) is 0 Å². The summed E-state index contributed by atoms with van der Waals surface area (Å²) in [4.78, 5) is 0. The minimum atomic E-state index is -2.27. The average molecular weight is 228 g/mol. The summed E-state index contributed by atoms with van der Waals surface area (Å²) in [5.74, 6) is 0.755. The van der Waals surface area contributed by atoms with Crippen molar-refractivity contribution >= 4 is 17.0 Å². The molecular weight excluding hydrogens is 214 g/mol. The summed E-state index contributed by atoms with van der Waals surface area (Å²) in [6, 6.07) is 6.81. The van der Waals surface area contributed by atoms with Crippen molar-refractivity contribution in [1.82, 2.24) is 0 Å². The van der Waals surface area contributed by atoms with Gasteiger partial charge in [-0.2, -0.15) is 0 Å². The first-order valence-electron chi connectivity index (χ1n) is 4.81. The van der Waals surface area contributed by atoms with E-state index in [-0.39, 0.29) is 0 Å². The lowest BCUT2D eigenvalue weighted by Gasteiger charge is -2.09. The topological polar surface area (TPSA) is 61.4 Å². The van der Waals surface area contributed by atoms with Crippen LogP contribution in [0, 0.1) is 0 Å². The van der Waals surface area contributed by atoms with E-state index >= 15 is 0 Å². The molecular formula is C10H14NO3S-. The van der Waals surface area contributed by atoms with E-state index in [1.54, 1.807) is 24.3 Å². The standard InChI is InChI=1S/C10H15NO3S/c1-2-3-8-14-10-6-4-9(5-7-10)11-15(12)13/h4-7,11H,2-3,8H2,1H3,(H,12,13)/p-1. The van der Waals surface area contributed by atoms with Gasteiger partial charge in [-0.1, -0.05) is 13.3 Å². The zero-order valence-corrected chi connectivity index (χ0v) is 9.38. The first kappa shape index (κ1) is 12.0. The fourth-order valence-corrected chi connectivity index (χ4v) is 1.38. The number of benzene rings is 1. The third kappa shape index (κ3) is 4.80. The van der Waals surface area contributed by atoms with Crippen LogP contribution in [0.15, 0.2) is 24.3 Å². The number of anilines is 1. The Kier molecular flexibility index (Phi) is 5.14. The Balaban J connectivity index is 2.45. The summed E-state index contributed by atoms with van der Waals surface area (Å²) in [5.41, 5.74) is 0.533. The van der Waals surface area contributed by atoms with Gasteiger partial charge in [-0.15, -0.1) is 0 Å². The molecule has 1 rings (SSSR count). The van der Waals surface area contributed by atoms with Crippen LogP contribution in [-0.4, -0.2) is 15.4 Å². The van der Waals surface area contributed by atoms with Crippen LogP contribution in [0.4, 0.5) is 5.69 Å². The van der Waals surface area contributed by atoms with Crippen molar-refractivity contribution in [2.45, 2.75) is 19.8 Å². The van der Waals surface area contributed by atoms with Crippen molar-refractivity contribution in [1.29, 1.82) is 0 Å². The molecule has 0 aliphatic rings. The highest BCUT2D eigenvalue weighted by Gasteiger charge is 1.94. The highest BCUT2D eigenvalue weighted by Crippen LogP contribution is 2.16. The van der Waals surface area contributed by atoms with E-state index in [0.717, 1.165) is 18.6 Å². The van der Waals surface area contributed by atoms with E-state index in [4.69, 9.17) is 4.74 Å². The molecule has 0 aliphatic heterocycles. The smallest absolute Gasteiger partial charge is 0.119 e. The predicted octanol–water partition coefficient (Wildman–Crippen LogP) is 2.07. The highest BCUT2D eigenvalue weighted by atomic mass is 32.2. The Morgan fingerprint density at radius 1 is 1.40 bits per heavy atom. The van der Waals surface area contributed by atoms with Gasteiger partial charge in [-0.05, 0) is 30.7 Å². The second-order valence-corrected chi connectivity index (χ2v) is 3.74. The summed E-state index contributed by atoms with van der Waals surface area (Å²) in [6.45, 7) is 2.79. The fraction of sp³-hybridized carbons (Fsp3) is 0.400. The maximum Gasteiger partial charge on any atom is 0.119 e. The summed E-state index contributed by atoms with van der Waals surface area (Å²) in [5, 5.41) is 0. The highest BCUT2D eigenvalue weighted by molar-refractivity contribution is 7.80. The Morgan fingerprint density at radius 3 is 2.60 bits per heavy atom. The van der Waals surface area contributed by atoms with Crippen LogP contribution in [0.25, 0.3) is 0 Å². The molecule has 1 atom stereocenters. The second kappa shape index (κ2) is 6.42. The lowest BCUT2D eigenvalue weighted by atomic mass is 10.3. The van der Waals surface area contributed by atoms with Crippen molar-refractivity contribution in [3.05, 3.63) is 24.3 Å². The van der Waals surface area contributed by atoms with Gasteiger partial charge in [0.15, 0.2) is 0 Å². The van der Waals surface area contributed by atoms with Gasteiger partial charge >= 0.3 is 0 Å². The molecule has 0 radical (unpaired) electrons. The molecule has 0 amide bonds. The summed E-state index contributed by atoms with van der Waals surface area (Å²) >= 11 is -2.27. The zero-order chi connectivity index (χ0) is 11.1. The molecule has 0 bridgehead atoms. The number of hydrogen-bond donors (Lipinski definition) is 1. The molecule has 0 heterocycles. The average Bonchev–Trinajstić information content (AvgIpc) is 2.20. The maximum absolute atomic E-state index is 10.3. The molecule has 15 heavy (non-hydrogen) atoms. The van der Waals surface area contributed by atoms with Gasteiger partial charge in [0.05, 0.1) is 6.61 Å². The predicted molar refractivity (Wildman–Crippen MR) is 59.4 cm³/mol. The van der Waals surface area contributed by atoms with E-state index in [2.05, 4.69) is 11.6 Å². The van der Waals surface area contributed by atoms with Crippen molar-refractivity contribution in [3.8, 4) is 5.75 Å². The maximum atomic E-state index is 10.3. The molecule has 0 aromatic heterocycles. The van der Waals surface area contributed by atoms with Crippen LogP contribution in [0.3, 0.4) is 0 Å². The molecule has 0 saturated heterocycles. The minimum absolute atomic E-state index is 0.533. The number of hydrogen-bond acceptors (Lipinski definition) is 3. The first-order valence-corrected chi connectivity index (χ1v) is 5.88. The largest absolute Gasteiger partial charge is 0.755 e. The van der Waals surface area contributed by atoms with Crippen molar-refractivity contribution in [3.63, 3.8) is 0 Å². The van der Waals surface area contributed by atoms with Gasteiger partial charge in [0.25, 0.3) is 0 Å². The lowest BCUT2D eigenvalue weighted by Crippen LogP contribution is -2.02. The molecule has 84 valence electrons. The Hall–Kier alpha value is -1.07. The molecule has 1 aromatic rings. The molecule has 5 heteroatoms. The normalized spacial score (nSPS) is 12.1. The molecule has 0 spiro atoms. The molecule has 0 saturated carbocycles. The summed E-state index contributed by atoms with van der Waals surface area (Å²) in [7, 11) is 0. The van der Waals surface area contributed by atoms with E-state index in [1.165, 1.54) is 0 Å². The van der Waals surface area contributed by atoms with Crippen molar-refractivity contribution in [2.75, 3.05) is 11.3 Å². The van der Waals surface area contributed by atoms with Gasteiger partial charge in [-0.25, -0.2) is 0 Å². The van der Waals surface area contributed by atoms with Crippen LogP contribution in [-0.2, 0) is 11.3 Å². The molecule has 1 unspecified atom stereocenters. The molecule has 0 aliphatic carbocycles. The van der Waals surface area contributed by atoms with E-state index in [9.17, 15) is 8.76 Å². The zero-order valence-electron chi connectivity index (χ0n) is 8.56. The minimum Gasteiger partial charge on any atom is -0.755 e. The fourth-order valence-electron chi connectivity index (χ4n) is 1.05. The monoisotopic (exact) mass is 228 g/mol. The quantitative estimate of drug-likeness (QED) is 0.599. The van der Waals surface area contributed by atoms with Crippen LogP contribution in [0.2, 0.25) is 0 Å². The first-order chi connectivity index (χ1) is 7.22. The van der Waals surface area contributed by atoms with Crippen LogP contribution in [0.5, 0.6) is 5.75 Å². The van der Waals surface area contributed by atoms with Crippen LogP contribution >= 0.6 is 0 Å². The third-order valence-electron chi connectivity index (χ3n) is 1.82. The van der Waals surface area contributed by atoms with E-state index in [1.807, 2.05) is 0 Å². The number of unbranched alkanes of at least 4 members (excludes halogenated alkanes) is 1. The number of nitrogens with one attached hydrogen (secondary N) is 1. The van der Waals surface area contributed by atoms with Gasteiger partial charge < -0.3 is 14.0 Å². The molecule has 4 nitrogen and oxygen atoms in total. The summed E-state index contributed by atoms with van der Waals surface area (Å²) < 4.78 is 28.3. The Bertz CT molecular complexity index is 313. The van der Waals surface area contributed by atoms with Gasteiger partial charge in [0, 0.05) is 17.0 Å². The van der Waals surface area contributed by atoms with E-state index in [0.29, 0.717) is 12.3 Å². The SMILES string of the molecule is CCCCOc1ccc(NS(=O)[O-])cc1. The van der Waals surface area contributed by atoms with Crippen LogP contribution in [0.1, 0.15) is 19.8 Å². The van der Waals surface area contributed by atoms with Gasteiger partial charge in [0.1, 0.15) is 5.75 Å². The van der Waals surface area contributed by atoms with Gasteiger partial charge in [-0.3, -0.25) is 4.21 Å². The summed E-state index contributed by atoms with van der Waals surface area (Å²) in [6.07, 6.45) is 2.11. The Labute approximate surface area is 92.1 Å². The van der Waals surface area contributed by atoms with E-state index < -0.39 is 11.3 Å². The Morgan fingerprint density at radius 2 is 2.07 bits per heavy atom. The van der Waals surface area contributed by atoms with Crippen molar-refractivity contribution in [2.24, 2.45) is 0 Å². The number of rotatable bonds is 6. The lowest BCUT2D eigenvalue weighted by molar-refractivity contribution is 0.309.